The molecule has 0 amide bonds. The van der Waals surface area contributed by atoms with Crippen molar-refractivity contribution in [1.82, 2.24) is 4.98 Å². The van der Waals surface area contributed by atoms with Crippen LogP contribution in [0.25, 0.3) is 0 Å². The van der Waals surface area contributed by atoms with Crippen LogP contribution in [-0.2, 0) is 0 Å². The Bertz CT molecular complexity index is 400. The van der Waals surface area contributed by atoms with Crippen LogP contribution >= 0.6 is 11.6 Å². The van der Waals surface area contributed by atoms with E-state index in [-0.39, 0.29) is 6.61 Å². The molecule has 100 valence electrons. The van der Waals surface area contributed by atoms with E-state index in [0.29, 0.717) is 28.5 Å². The Morgan fingerprint density at radius 1 is 1.33 bits per heavy atom. The van der Waals surface area contributed by atoms with Gasteiger partial charge in [0.15, 0.2) is 5.82 Å². The second kappa shape index (κ2) is 6.25. The maximum atomic E-state index is 9.37. The van der Waals surface area contributed by atoms with Gasteiger partial charge in [-0.05, 0) is 36.8 Å². The standard InChI is InChI=1S/C13H20ClN3O/c14-12-6-5-11(15)13(17-12)16-7-9-3-1-2-4-10(9)8-18/h5-6,9-10,18H,1-4,7-8,15H2,(H,16,17). The van der Waals surface area contributed by atoms with E-state index in [4.69, 9.17) is 17.3 Å². The minimum Gasteiger partial charge on any atom is -0.396 e. The van der Waals surface area contributed by atoms with E-state index in [0.717, 1.165) is 19.4 Å². The van der Waals surface area contributed by atoms with Crippen molar-refractivity contribution in [2.75, 3.05) is 24.2 Å². The Labute approximate surface area is 113 Å². The van der Waals surface area contributed by atoms with Crippen molar-refractivity contribution in [2.45, 2.75) is 25.7 Å². The zero-order chi connectivity index (χ0) is 13.0. The van der Waals surface area contributed by atoms with E-state index >= 15 is 0 Å². The number of aromatic nitrogens is 1. The van der Waals surface area contributed by atoms with Gasteiger partial charge >= 0.3 is 0 Å². The van der Waals surface area contributed by atoms with Gasteiger partial charge in [0.25, 0.3) is 0 Å². The van der Waals surface area contributed by atoms with E-state index < -0.39 is 0 Å². The van der Waals surface area contributed by atoms with Crippen molar-refractivity contribution in [3.05, 3.63) is 17.3 Å². The molecule has 0 saturated heterocycles. The fraction of sp³-hybridized carbons (Fsp3) is 0.615. The highest BCUT2D eigenvalue weighted by Crippen LogP contribution is 2.30. The molecule has 4 nitrogen and oxygen atoms in total. The summed E-state index contributed by atoms with van der Waals surface area (Å²) in [6.07, 6.45) is 4.72. The van der Waals surface area contributed by atoms with Crippen molar-refractivity contribution >= 4 is 23.1 Å². The van der Waals surface area contributed by atoms with Crippen LogP contribution in [0.15, 0.2) is 12.1 Å². The van der Waals surface area contributed by atoms with Crippen molar-refractivity contribution in [1.29, 1.82) is 0 Å². The number of hydrogen-bond acceptors (Lipinski definition) is 4. The van der Waals surface area contributed by atoms with Gasteiger partial charge in [-0.2, -0.15) is 0 Å². The Balaban J connectivity index is 1.95. The van der Waals surface area contributed by atoms with E-state index in [1.807, 2.05) is 0 Å². The fourth-order valence-electron chi connectivity index (χ4n) is 2.61. The molecule has 0 aliphatic heterocycles. The first-order chi connectivity index (χ1) is 8.70. The topological polar surface area (TPSA) is 71.2 Å². The number of nitrogens with one attached hydrogen (secondary N) is 1. The molecule has 1 aliphatic rings. The number of pyridine rings is 1. The predicted octanol–water partition coefficient (Wildman–Crippen LogP) is 2.53. The third kappa shape index (κ3) is 3.27. The third-order valence-corrected chi connectivity index (χ3v) is 3.94. The number of anilines is 2. The van der Waals surface area contributed by atoms with Gasteiger partial charge < -0.3 is 16.2 Å². The Morgan fingerprint density at radius 2 is 2.06 bits per heavy atom. The summed E-state index contributed by atoms with van der Waals surface area (Å²) in [5, 5.41) is 13.1. The lowest BCUT2D eigenvalue weighted by molar-refractivity contribution is 0.141. The second-order valence-electron chi connectivity index (χ2n) is 4.94. The summed E-state index contributed by atoms with van der Waals surface area (Å²) in [4.78, 5) is 4.17. The molecule has 1 fully saturated rings. The van der Waals surface area contributed by atoms with E-state index in [9.17, 15) is 5.11 Å². The first-order valence-electron chi connectivity index (χ1n) is 6.47. The zero-order valence-electron chi connectivity index (χ0n) is 10.4. The molecule has 0 aromatic carbocycles. The lowest BCUT2D eigenvalue weighted by Crippen LogP contribution is -2.29. The fourth-order valence-corrected chi connectivity index (χ4v) is 2.76. The lowest BCUT2D eigenvalue weighted by Gasteiger charge is -2.30. The van der Waals surface area contributed by atoms with Crippen LogP contribution in [0, 0.1) is 11.8 Å². The van der Waals surface area contributed by atoms with Gasteiger partial charge in [0.05, 0.1) is 5.69 Å². The average molecular weight is 270 g/mol. The number of aliphatic hydroxyl groups excluding tert-OH is 1. The zero-order valence-corrected chi connectivity index (χ0v) is 11.2. The van der Waals surface area contributed by atoms with Gasteiger partial charge in [-0.25, -0.2) is 4.98 Å². The lowest BCUT2D eigenvalue weighted by atomic mass is 9.79. The molecule has 1 heterocycles. The predicted molar refractivity (Wildman–Crippen MR) is 74.7 cm³/mol. The molecule has 1 saturated carbocycles. The van der Waals surface area contributed by atoms with E-state index in [2.05, 4.69) is 10.3 Å². The van der Waals surface area contributed by atoms with Crippen LogP contribution in [0.2, 0.25) is 5.15 Å². The van der Waals surface area contributed by atoms with Crippen LogP contribution in [0.1, 0.15) is 25.7 Å². The molecule has 2 unspecified atom stereocenters. The summed E-state index contributed by atoms with van der Waals surface area (Å²) in [7, 11) is 0. The number of hydrogen-bond donors (Lipinski definition) is 3. The van der Waals surface area contributed by atoms with Gasteiger partial charge in [0, 0.05) is 13.2 Å². The highest BCUT2D eigenvalue weighted by Gasteiger charge is 2.24. The quantitative estimate of drug-likeness (QED) is 0.735. The summed E-state index contributed by atoms with van der Waals surface area (Å²) >= 11 is 5.85. The minimum absolute atomic E-state index is 0.269. The molecule has 1 aromatic heterocycles. The molecule has 0 spiro atoms. The SMILES string of the molecule is Nc1ccc(Cl)nc1NCC1CCCCC1CO. The Hall–Kier alpha value is -1.00. The summed E-state index contributed by atoms with van der Waals surface area (Å²) in [5.74, 6) is 1.53. The van der Waals surface area contributed by atoms with Gasteiger partial charge in [-0.1, -0.05) is 24.4 Å². The Morgan fingerprint density at radius 3 is 2.78 bits per heavy atom. The second-order valence-corrected chi connectivity index (χ2v) is 5.33. The van der Waals surface area contributed by atoms with Gasteiger partial charge in [0.1, 0.15) is 5.15 Å². The van der Waals surface area contributed by atoms with Crippen LogP contribution in [-0.4, -0.2) is 23.2 Å². The molecular formula is C13H20ClN3O. The average Bonchev–Trinajstić information content (AvgIpc) is 2.40. The van der Waals surface area contributed by atoms with Crippen molar-refractivity contribution in [3.8, 4) is 0 Å². The number of nitrogens with two attached hydrogens (primary N) is 1. The molecule has 1 aromatic rings. The molecule has 18 heavy (non-hydrogen) atoms. The van der Waals surface area contributed by atoms with Gasteiger partial charge in [-0.15, -0.1) is 0 Å². The normalized spacial score (nSPS) is 23.9. The number of rotatable bonds is 4. The summed E-state index contributed by atoms with van der Waals surface area (Å²) in [6, 6.07) is 3.43. The Kier molecular flexibility index (Phi) is 4.66. The number of halogens is 1. The van der Waals surface area contributed by atoms with Crippen LogP contribution in [0.3, 0.4) is 0 Å². The number of nitrogen functional groups attached to an aromatic ring is 1. The molecular weight excluding hydrogens is 250 g/mol. The maximum Gasteiger partial charge on any atom is 0.150 e. The molecule has 5 heteroatoms. The molecule has 4 N–H and O–H groups in total. The molecule has 2 rings (SSSR count). The van der Waals surface area contributed by atoms with Gasteiger partial charge in [0.2, 0.25) is 0 Å². The van der Waals surface area contributed by atoms with Crippen molar-refractivity contribution in [2.24, 2.45) is 11.8 Å². The van der Waals surface area contributed by atoms with Gasteiger partial charge in [-0.3, -0.25) is 0 Å². The monoisotopic (exact) mass is 269 g/mol. The maximum absolute atomic E-state index is 9.37. The van der Waals surface area contributed by atoms with Crippen LogP contribution in [0.5, 0.6) is 0 Å². The van der Waals surface area contributed by atoms with E-state index in [1.54, 1.807) is 12.1 Å². The summed E-state index contributed by atoms with van der Waals surface area (Å²) < 4.78 is 0. The van der Waals surface area contributed by atoms with Crippen molar-refractivity contribution in [3.63, 3.8) is 0 Å². The first-order valence-corrected chi connectivity index (χ1v) is 6.85. The third-order valence-electron chi connectivity index (χ3n) is 3.73. The van der Waals surface area contributed by atoms with Crippen LogP contribution < -0.4 is 11.1 Å². The van der Waals surface area contributed by atoms with E-state index in [1.165, 1.54) is 12.8 Å². The molecule has 1 aliphatic carbocycles. The number of nitrogens with zero attached hydrogens (tertiary/aromatic N) is 1. The molecule has 0 bridgehead atoms. The number of aliphatic hydroxyl groups is 1. The molecule has 0 radical (unpaired) electrons. The summed E-state index contributed by atoms with van der Waals surface area (Å²) in [5.41, 5.74) is 6.45. The minimum atomic E-state index is 0.269. The van der Waals surface area contributed by atoms with Crippen LogP contribution in [0.4, 0.5) is 11.5 Å². The molecule has 2 atom stereocenters. The summed E-state index contributed by atoms with van der Waals surface area (Å²) in [6.45, 7) is 1.06. The highest BCUT2D eigenvalue weighted by molar-refractivity contribution is 6.29. The largest absolute Gasteiger partial charge is 0.396 e. The first kappa shape index (κ1) is 13.4. The van der Waals surface area contributed by atoms with Crippen molar-refractivity contribution < 1.29 is 5.11 Å². The highest BCUT2D eigenvalue weighted by atomic mass is 35.5. The smallest absolute Gasteiger partial charge is 0.150 e.